The average Bonchev–Trinajstić information content (AvgIpc) is 2.79. The third-order valence-corrected chi connectivity index (χ3v) is 4.79. The summed E-state index contributed by atoms with van der Waals surface area (Å²) in [6, 6.07) is 6.21. The zero-order chi connectivity index (χ0) is 14.8. The van der Waals surface area contributed by atoms with Crippen LogP contribution in [0.1, 0.15) is 11.1 Å². The van der Waals surface area contributed by atoms with E-state index in [-0.39, 0.29) is 11.4 Å². The van der Waals surface area contributed by atoms with Crippen molar-refractivity contribution in [1.29, 1.82) is 0 Å². The van der Waals surface area contributed by atoms with Crippen molar-refractivity contribution in [2.24, 2.45) is 0 Å². The fourth-order valence-electron chi connectivity index (χ4n) is 2.22. The van der Waals surface area contributed by atoms with Crippen molar-refractivity contribution in [3.63, 3.8) is 0 Å². The Bertz CT molecular complexity index is 671. The zero-order valence-corrected chi connectivity index (χ0v) is 12.2. The number of sulfonamides is 1. The highest BCUT2D eigenvalue weighted by Gasteiger charge is 2.19. The molecule has 0 bridgehead atoms. The Labute approximate surface area is 118 Å². The van der Waals surface area contributed by atoms with Crippen LogP contribution in [-0.4, -0.2) is 19.5 Å². The second-order valence-corrected chi connectivity index (χ2v) is 6.39. The summed E-state index contributed by atoms with van der Waals surface area (Å²) in [5.41, 5.74) is 0.826. The third kappa shape index (κ3) is 3.26. The number of hydrogen-bond donors (Lipinski definition) is 1. The van der Waals surface area contributed by atoms with Gasteiger partial charge in [0.1, 0.15) is 5.82 Å². The van der Waals surface area contributed by atoms with Gasteiger partial charge in [-0.25, -0.2) is 17.5 Å². The number of benzene rings is 1. The molecule has 0 amide bonds. The lowest BCUT2D eigenvalue weighted by atomic mass is 10.1. The number of nitrogens with zero attached hydrogens (tertiary/aromatic N) is 1. The molecule has 2 rings (SSSR count). The monoisotopic (exact) mass is 296 g/mol. The minimum absolute atomic E-state index is 0.159. The summed E-state index contributed by atoms with van der Waals surface area (Å²) < 4.78 is 42.2. The predicted octanol–water partition coefficient (Wildman–Crippen LogP) is 2.22. The van der Waals surface area contributed by atoms with E-state index in [4.69, 9.17) is 0 Å². The van der Waals surface area contributed by atoms with Crippen LogP contribution in [0.5, 0.6) is 0 Å². The molecular weight excluding hydrogens is 279 g/mol. The van der Waals surface area contributed by atoms with Crippen LogP contribution >= 0.6 is 0 Å². The van der Waals surface area contributed by atoms with Crippen molar-refractivity contribution < 1.29 is 12.8 Å². The van der Waals surface area contributed by atoms with E-state index in [1.54, 1.807) is 13.8 Å². The minimum Gasteiger partial charge on any atom is -0.353 e. The molecule has 0 aliphatic carbocycles. The molecular formula is C14H17FN2O2S. The summed E-state index contributed by atoms with van der Waals surface area (Å²) in [7, 11) is -3.62. The van der Waals surface area contributed by atoms with Gasteiger partial charge in [0.15, 0.2) is 0 Å². The van der Waals surface area contributed by atoms with Crippen molar-refractivity contribution in [2.75, 3.05) is 6.54 Å². The van der Waals surface area contributed by atoms with E-state index >= 15 is 0 Å². The van der Waals surface area contributed by atoms with Crippen LogP contribution < -0.4 is 4.72 Å². The first-order chi connectivity index (χ1) is 9.40. The van der Waals surface area contributed by atoms with E-state index in [1.165, 1.54) is 12.1 Å². The lowest BCUT2D eigenvalue weighted by molar-refractivity contribution is 0.570. The number of aromatic nitrogens is 1. The van der Waals surface area contributed by atoms with E-state index in [9.17, 15) is 12.8 Å². The van der Waals surface area contributed by atoms with Crippen molar-refractivity contribution in [3.05, 3.63) is 53.6 Å². The van der Waals surface area contributed by atoms with Gasteiger partial charge in [-0.3, -0.25) is 0 Å². The van der Waals surface area contributed by atoms with Gasteiger partial charge in [0.25, 0.3) is 0 Å². The first-order valence-electron chi connectivity index (χ1n) is 6.27. The highest BCUT2D eigenvalue weighted by Crippen LogP contribution is 2.21. The van der Waals surface area contributed by atoms with Crippen LogP contribution in [0.15, 0.2) is 41.6 Å². The zero-order valence-electron chi connectivity index (χ0n) is 11.4. The highest BCUT2D eigenvalue weighted by atomic mass is 32.2. The van der Waals surface area contributed by atoms with Gasteiger partial charge in [-0.05, 0) is 49.2 Å². The van der Waals surface area contributed by atoms with Gasteiger partial charge in [0.2, 0.25) is 10.0 Å². The van der Waals surface area contributed by atoms with Gasteiger partial charge in [-0.2, -0.15) is 0 Å². The second-order valence-electron chi connectivity index (χ2n) is 4.69. The Morgan fingerprint density at radius 2 is 1.70 bits per heavy atom. The molecule has 4 nitrogen and oxygen atoms in total. The number of aryl methyl sites for hydroxylation is 2. The molecule has 1 heterocycles. The average molecular weight is 296 g/mol. The van der Waals surface area contributed by atoms with Crippen molar-refractivity contribution in [1.82, 2.24) is 9.29 Å². The van der Waals surface area contributed by atoms with Gasteiger partial charge in [0, 0.05) is 25.5 Å². The van der Waals surface area contributed by atoms with E-state index in [0.717, 1.165) is 0 Å². The van der Waals surface area contributed by atoms with Crippen molar-refractivity contribution in [2.45, 2.75) is 25.3 Å². The summed E-state index contributed by atoms with van der Waals surface area (Å²) in [6.45, 7) is 4.02. The molecule has 6 heteroatoms. The molecule has 20 heavy (non-hydrogen) atoms. The topological polar surface area (TPSA) is 51.1 Å². The minimum atomic E-state index is -3.62. The fraction of sp³-hybridized carbons (Fsp3) is 0.286. The van der Waals surface area contributed by atoms with E-state index in [2.05, 4.69) is 4.72 Å². The van der Waals surface area contributed by atoms with E-state index in [0.29, 0.717) is 17.7 Å². The van der Waals surface area contributed by atoms with Crippen LogP contribution in [-0.2, 0) is 16.6 Å². The van der Waals surface area contributed by atoms with Gasteiger partial charge in [-0.15, -0.1) is 0 Å². The summed E-state index contributed by atoms with van der Waals surface area (Å²) in [4.78, 5) is 0.159. The molecule has 1 aromatic carbocycles. The smallest absolute Gasteiger partial charge is 0.241 e. The molecule has 0 aliphatic heterocycles. The Kier molecular flexibility index (Phi) is 4.25. The summed E-state index contributed by atoms with van der Waals surface area (Å²) in [6.07, 6.45) is 3.73. The first-order valence-corrected chi connectivity index (χ1v) is 7.75. The molecule has 0 atom stereocenters. The Morgan fingerprint density at radius 3 is 2.25 bits per heavy atom. The first kappa shape index (κ1) is 14.7. The summed E-state index contributed by atoms with van der Waals surface area (Å²) >= 11 is 0. The predicted molar refractivity (Wildman–Crippen MR) is 75.5 cm³/mol. The summed E-state index contributed by atoms with van der Waals surface area (Å²) in [5.74, 6) is -0.425. The maximum atomic E-state index is 13.2. The Hall–Kier alpha value is -1.66. The molecule has 0 aliphatic rings. The quantitative estimate of drug-likeness (QED) is 0.920. The molecule has 0 saturated carbocycles. The molecule has 108 valence electrons. The number of halogens is 1. The normalized spacial score (nSPS) is 11.8. The van der Waals surface area contributed by atoms with Crippen molar-refractivity contribution >= 4 is 10.0 Å². The molecule has 0 fully saturated rings. The van der Waals surface area contributed by atoms with Crippen LogP contribution in [0.25, 0.3) is 0 Å². The second kappa shape index (κ2) is 5.76. The van der Waals surface area contributed by atoms with Crippen LogP contribution in [0.4, 0.5) is 4.39 Å². The van der Waals surface area contributed by atoms with Gasteiger partial charge in [-0.1, -0.05) is 0 Å². The van der Waals surface area contributed by atoms with Gasteiger partial charge < -0.3 is 4.57 Å². The van der Waals surface area contributed by atoms with Gasteiger partial charge in [0.05, 0.1) is 4.90 Å². The van der Waals surface area contributed by atoms with Gasteiger partial charge >= 0.3 is 0 Å². The standard InChI is InChI=1S/C14H17FN2O2S/c1-11-9-13(15)10-12(2)14(11)20(18,19)16-5-8-17-6-3-4-7-17/h3-4,6-7,9-10,16H,5,8H2,1-2H3. The maximum absolute atomic E-state index is 13.2. The highest BCUT2D eigenvalue weighted by molar-refractivity contribution is 7.89. The molecule has 2 aromatic rings. The molecule has 0 spiro atoms. The lowest BCUT2D eigenvalue weighted by Gasteiger charge is -2.12. The van der Waals surface area contributed by atoms with Crippen molar-refractivity contribution in [3.8, 4) is 0 Å². The molecule has 0 radical (unpaired) electrons. The van der Waals surface area contributed by atoms with Crippen LogP contribution in [0, 0.1) is 19.7 Å². The molecule has 0 saturated heterocycles. The number of hydrogen-bond acceptors (Lipinski definition) is 2. The largest absolute Gasteiger partial charge is 0.353 e. The fourth-order valence-corrected chi connectivity index (χ4v) is 3.69. The van der Waals surface area contributed by atoms with Crippen LogP contribution in [0.3, 0.4) is 0 Å². The molecule has 1 aromatic heterocycles. The summed E-state index contributed by atoms with van der Waals surface area (Å²) in [5, 5.41) is 0. The Morgan fingerprint density at radius 1 is 1.15 bits per heavy atom. The molecule has 0 unspecified atom stereocenters. The third-order valence-electron chi connectivity index (χ3n) is 3.02. The molecule has 1 N–H and O–H groups in total. The van der Waals surface area contributed by atoms with E-state index < -0.39 is 15.8 Å². The van der Waals surface area contributed by atoms with E-state index in [1.807, 2.05) is 29.1 Å². The number of nitrogens with one attached hydrogen (secondary N) is 1. The van der Waals surface area contributed by atoms with Crippen LogP contribution in [0.2, 0.25) is 0 Å². The number of rotatable bonds is 5. The Balaban J connectivity index is 2.14. The SMILES string of the molecule is Cc1cc(F)cc(C)c1S(=O)(=O)NCCn1cccc1. The lowest BCUT2D eigenvalue weighted by Crippen LogP contribution is -2.28. The maximum Gasteiger partial charge on any atom is 0.241 e.